The lowest BCUT2D eigenvalue weighted by Crippen LogP contribution is -2.04. The molecule has 6 nitrogen and oxygen atoms in total. The molecule has 22 heavy (non-hydrogen) atoms. The molecule has 0 spiro atoms. The first-order chi connectivity index (χ1) is 10.4. The molecular formula is C14H15O6PS. The van der Waals surface area contributed by atoms with Crippen molar-refractivity contribution in [1.82, 2.24) is 0 Å². The van der Waals surface area contributed by atoms with Crippen molar-refractivity contribution >= 4 is 40.6 Å². The van der Waals surface area contributed by atoms with Gasteiger partial charge in [0.05, 0.1) is 26.6 Å². The Morgan fingerprint density at radius 1 is 1.36 bits per heavy atom. The summed E-state index contributed by atoms with van der Waals surface area (Å²) in [7, 11) is -1.45. The van der Waals surface area contributed by atoms with Gasteiger partial charge in [-0.25, -0.2) is 4.79 Å². The zero-order valence-corrected chi connectivity index (χ0v) is 13.7. The predicted octanol–water partition coefficient (Wildman–Crippen LogP) is 2.74. The van der Waals surface area contributed by atoms with E-state index < -0.39 is 13.6 Å². The van der Waals surface area contributed by atoms with E-state index in [4.69, 9.17) is 19.3 Å². The van der Waals surface area contributed by atoms with Crippen LogP contribution in [-0.2, 0) is 25.0 Å². The van der Waals surface area contributed by atoms with Crippen LogP contribution in [0.2, 0.25) is 0 Å². The van der Waals surface area contributed by atoms with E-state index in [1.165, 1.54) is 31.8 Å². The maximum atomic E-state index is 11.9. The van der Waals surface area contributed by atoms with E-state index in [0.717, 1.165) is 10.1 Å². The minimum Gasteiger partial charge on any atom is -0.503 e. The van der Waals surface area contributed by atoms with Gasteiger partial charge >= 0.3 is 13.6 Å². The molecule has 2 rings (SSSR count). The molecule has 0 radical (unpaired) electrons. The molecular weight excluding hydrogens is 327 g/mol. The van der Waals surface area contributed by atoms with Gasteiger partial charge in [-0.3, -0.25) is 4.57 Å². The fraction of sp³-hybridized carbons (Fsp3) is 0.214. The molecule has 0 aliphatic carbocycles. The number of benzene rings is 1. The highest BCUT2D eigenvalue weighted by atomic mass is 32.1. The van der Waals surface area contributed by atoms with Crippen LogP contribution in [0.1, 0.15) is 11.1 Å². The molecule has 2 N–H and O–H groups in total. The van der Waals surface area contributed by atoms with Gasteiger partial charge in [-0.15, -0.1) is 11.3 Å². The number of rotatable bonds is 5. The molecule has 0 aliphatic heterocycles. The topological polar surface area (TPSA) is 93.1 Å². The van der Waals surface area contributed by atoms with Crippen LogP contribution in [0.15, 0.2) is 29.8 Å². The van der Waals surface area contributed by atoms with Gasteiger partial charge in [-0.05, 0) is 17.7 Å². The van der Waals surface area contributed by atoms with E-state index in [9.17, 15) is 9.36 Å². The Kier molecular flexibility index (Phi) is 5.03. The fourth-order valence-corrected chi connectivity index (χ4v) is 3.68. The van der Waals surface area contributed by atoms with Gasteiger partial charge in [-0.2, -0.15) is 0 Å². The molecule has 2 aromatic rings. The molecule has 1 aromatic heterocycles. The van der Waals surface area contributed by atoms with Crippen LogP contribution in [0.5, 0.6) is 0 Å². The maximum absolute atomic E-state index is 11.9. The van der Waals surface area contributed by atoms with E-state index in [1.807, 2.05) is 0 Å². The second kappa shape index (κ2) is 6.62. The van der Waals surface area contributed by atoms with Crippen molar-refractivity contribution in [3.05, 3.63) is 41.0 Å². The third-order valence-corrected chi connectivity index (χ3v) is 4.70. The van der Waals surface area contributed by atoms with Crippen LogP contribution >= 0.6 is 18.9 Å². The summed E-state index contributed by atoms with van der Waals surface area (Å²) in [4.78, 5) is 30.0. The van der Waals surface area contributed by atoms with Crippen LogP contribution in [0.4, 0.5) is 0 Å². The van der Waals surface area contributed by atoms with Crippen molar-refractivity contribution < 1.29 is 28.6 Å². The average Bonchev–Trinajstić information content (AvgIpc) is 2.85. The molecule has 8 heteroatoms. The molecule has 1 aromatic carbocycles. The number of esters is 1. The van der Waals surface area contributed by atoms with Crippen LogP contribution in [-0.4, -0.2) is 30.0 Å². The zero-order chi connectivity index (χ0) is 16.3. The minimum absolute atomic E-state index is 0.254. The lowest BCUT2D eigenvalue weighted by molar-refractivity contribution is -0.133. The highest BCUT2D eigenvalue weighted by molar-refractivity contribution is 7.50. The van der Waals surface area contributed by atoms with Crippen molar-refractivity contribution in [1.29, 1.82) is 0 Å². The van der Waals surface area contributed by atoms with E-state index >= 15 is 0 Å². The van der Waals surface area contributed by atoms with Gasteiger partial charge < -0.3 is 19.3 Å². The Bertz CT molecular complexity index is 773. The van der Waals surface area contributed by atoms with Crippen molar-refractivity contribution in [3.8, 4) is 0 Å². The highest BCUT2D eigenvalue weighted by Crippen LogP contribution is 2.40. The van der Waals surface area contributed by atoms with E-state index in [2.05, 4.69) is 0 Å². The summed E-state index contributed by atoms with van der Waals surface area (Å²) >= 11 is 1.42. The number of thiophene rings is 1. The maximum Gasteiger partial charge on any atom is 0.341 e. The first-order valence-corrected chi connectivity index (χ1v) is 8.90. The van der Waals surface area contributed by atoms with Gasteiger partial charge in [0.25, 0.3) is 0 Å². The second-order valence-corrected chi connectivity index (χ2v) is 7.12. The van der Waals surface area contributed by atoms with Crippen LogP contribution in [0, 0.1) is 0 Å². The third kappa shape index (κ3) is 3.75. The molecule has 0 fully saturated rings. The van der Waals surface area contributed by atoms with Crippen molar-refractivity contribution in [3.63, 3.8) is 0 Å². The largest absolute Gasteiger partial charge is 0.503 e. The van der Waals surface area contributed by atoms with Crippen molar-refractivity contribution in [2.24, 2.45) is 0 Å². The van der Waals surface area contributed by atoms with Crippen molar-refractivity contribution in [2.45, 2.75) is 6.16 Å². The number of hydrogen-bond donors (Lipinski definition) is 2. The summed E-state index contributed by atoms with van der Waals surface area (Å²) in [6.07, 6.45) is 0.947. The molecule has 0 unspecified atom stereocenters. The summed E-state index contributed by atoms with van der Waals surface area (Å²) < 4.78 is 21.7. The first-order valence-electron chi connectivity index (χ1n) is 6.22. The number of carbonyl (C=O) groups is 1. The summed E-state index contributed by atoms with van der Waals surface area (Å²) in [5.74, 6) is -0.540. The van der Waals surface area contributed by atoms with Gasteiger partial charge in [0.1, 0.15) is 5.57 Å². The van der Waals surface area contributed by atoms with Crippen LogP contribution < -0.4 is 0 Å². The molecule has 0 aliphatic rings. The summed E-state index contributed by atoms with van der Waals surface area (Å²) in [6.45, 7) is 0. The molecule has 0 atom stereocenters. The fourth-order valence-electron chi connectivity index (χ4n) is 2.07. The van der Waals surface area contributed by atoms with E-state index in [-0.39, 0.29) is 11.7 Å². The molecule has 118 valence electrons. The number of methoxy groups -OCH3 is 2. The summed E-state index contributed by atoms with van der Waals surface area (Å²) in [6, 6.07) is 5.11. The van der Waals surface area contributed by atoms with Gasteiger partial charge in [-0.1, -0.05) is 6.07 Å². The Balaban J connectivity index is 2.55. The minimum atomic E-state index is -4.15. The SMILES string of the molecule is COC=C(C(=O)OC)c1csc2ccc(CP(=O)(O)O)cc12. The zero-order valence-electron chi connectivity index (χ0n) is 12.0. The quantitative estimate of drug-likeness (QED) is 0.376. The molecule has 1 heterocycles. The Morgan fingerprint density at radius 2 is 2.09 bits per heavy atom. The number of carbonyl (C=O) groups excluding carboxylic acids is 1. The second-order valence-electron chi connectivity index (χ2n) is 4.56. The summed E-state index contributed by atoms with van der Waals surface area (Å²) in [5, 5.41) is 2.51. The lowest BCUT2D eigenvalue weighted by Gasteiger charge is -2.07. The average molecular weight is 342 g/mol. The van der Waals surface area contributed by atoms with E-state index in [1.54, 1.807) is 23.6 Å². The standard InChI is InChI=1S/C14H15O6PS/c1-19-6-11(14(15)20-2)12-8-22-13-4-3-9(5-10(12)13)7-21(16,17)18/h3-6,8H,7H2,1-2H3,(H2,16,17,18). The van der Waals surface area contributed by atoms with Crippen LogP contribution in [0.3, 0.4) is 0 Å². The predicted molar refractivity (Wildman–Crippen MR) is 84.6 cm³/mol. The van der Waals surface area contributed by atoms with Crippen LogP contribution in [0.25, 0.3) is 15.7 Å². The first kappa shape index (κ1) is 16.7. The molecule has 0 saturated carbocycles. The van der Waals surface area contributed by atoms with Crippen molar-refractivity contribution in [2.75, 3.05) is 14.2 Å². The monoisotopic (exact) mass is 342 g/mol. The van der Waals surface area contributed by atoms with Gasteiger partial charge in [0.15, 0.2) is 0 Å². The smallest absolute Gasteiger partial charge is 0.341 e. The third-order valence-electron chi connectivity index (χ3n) is 2.96. The van der Waals surface area contributed by atoms with Gasteiger partial charge in [0.2, 0.25) is 0 Å². The Morgan fingerprint density at radius 3 is 2.68 bits per heavy atom. The normalized spacial score (nSPS) is 12.5. The number of fused-ring (bicyclic) bond motifs is 1. The number of hydrogen-bond acceptors (Lipinski definition) is 5. The molecule has 0 bridgehead atoms. The Labute approximate surface area is 131 Å². The number of ether oxygens (including phenoxy) is 2. The lowest BCUT2D eigenvalue weighted by atomic mass is 10.0. The Hall–Kier alpha value is -1.66. The van der Waals surface area contributed by atoms with Gasteiger partial charge in [0, 0.05) is 21.0 Å². The van der Waals surface area contributed by atoms with E-state index in [0.29, 0.717) is 11.1 Å². The highest BCUT2D eigenvalue weighted by Gasteiger charge is 2.19. The summed E-state index contributed by atoms with van der Waals surface area (Å²) in [5.41, 5.74) is 1.37. The molecule has 0 amide bonds. The molecule has 0 saturated heterocycles.